The van der Waals surface area contributed by atoms with Gasteiger partial charge in [0.25, 0.3) is 0 Å². The van der Waals surface area contributed by atoms with Gasteiger partial charge in [-0.3, -0.25) is 0 Å². The number of aryl methyl sites for hydroxylation is 2. The summed E-state index contributed by atoms with van der Waals surface area (Å²) in [5.41, 5.74) is 3.73. The van der Waals surface area contributed by atoms with Crippen molar-refractivity contribution in [2.24, 2.45) is 0 Å². The number of rotatable bonds is 6. The van der Waals surface area contributed by atoms with Crippen LogP contribution in [0.4, 0.5) is 0 Å². The quantitative estimate of drug-likeness (QED) is 0.804. The highest BCUT2D eigenvalue weighted by molar-refractivity contribution is 5.35. The molecule has 0 atom stereocenters. The fourth-order valence-corrected chi connectivity index (χ4v) is 2.29. The summed E-state index contributed by atoms with van der Waals surface area (Å²) >= 11 is 0. The summed E-state index contributed by atoms with van der Waals surface area (Å²) in [5.74, 6) is 0. The predicted molar refractivity (Wildman–Crippen MR) is 77.6 cm³/mol. The van der Waals surface area contributed by atoms with Crippen LogP contribution in [0.5, 0.6) is 0 Å². The van der Waals surface area contributed by atoms with Crippen LogP contribution in [0.25, 0.3) is 5.69 Å². The van der Waals surface area contributed by atoms with Crippen LogP contribution >= 0.6 is 0 Å². The highest BCUT2D eigenvalue weighted by Crippen LogP contribution is 2.18. The number of nitrogens with zero attached hydrogens (tertiary/aromatic N) is 2. The lowest BCUT2D eigenvalue weighted by Crippen LogP contribution is -2.17. The smallest absolute Gasteiger partial charge is 0.0648 e. The summed E-state index contributed by atoms with van der Waals surface area (Å²) in [5, 5.41) is 8.00. The van der Waals surface area contributed by atoms with Crippen LogP contribution in [0, 0.1) is 6.92 Å². The second-order valence-electron chi connectivity index (χ2n) is 5.46. The Morgan fingerprint density at radius 3 is 3.05 bits per heavy atom. The van der Waals surface area contributed by atoms with Crippen LogP contribution < -0.4 is 5.32 Å². The Morgan fingerprint density at radius 1 is 1.37 bits per heavy atom. The average Bonchev–Trinajstić information content (AvgIpc) is 3.11. The molecule has 0 spiro atoms. The van der Waals surface area contributed by atoms with Gasteiger partial charge in [-0.15, -0.1) is 0 Å². The topological polar surface area (TPSA) is 29.9 Å². The molecule has 1 aliphatic rings. The van der Waals surface area contributed by atoms with E-state index in [1.54, 1.807) is 0 Å². The van der Waals surface area contributed by atoms with Crippen molar-refractivity contribution in [3.8, 4) is 5.69 Å². The maximum Gasteiger partial charge on any atom is 0.0648 e. The SMILES string of the molecule is Cc1cccc(-n2cc(CCCNC3CC3)cn2)c1. The van der Waals surface area contributed by atoms with Gasteiger partial charge in [-0.05, 0) is 62.4 Å². The first-order chi connectivity index (χ1) is 9.31. The molecule has 19 heavy (non-hydrogen) atoms. The van der Waals surface area contributed by atoms with E-state index >= 15 is 0 Å². The molecular weight excluding hydrogens is 234 g/mol. The lowest BCUT2D eigenvalue weighted by Gasteiger charge is -2.02. The van der Waals surface area contributed by atoms with E-state index in [1.807, 2.05) is 10.9 Å². The van der Waals surface area contributed by atoms with E-state index < -0.39 is 0 Å². The molecule has 1 aromatic carbocycles. The molecule has 0 radical (unpaired) electrons. The Bertz CT molecular complexity index is 540. The Morgan fingerprint density at radius 2 is 2.26 bits per heavy atom. The first kappa shape index (κ1) is 12.4. The van der Waals surface area contributed by atoms with Gasteiger partial charge in [0.2, 0.25) is 0 Å². The van der Waals surface area contributed by atoms with Crippen molar-refractivity contribution in [2.45, 2.75) is 38.6 Å². The van der Waals surface area contributed by atoms with Crippen molar-refractivity contribution in [1.29, 1.82) is 0 Å². The van der Waals surface area contributed by atoms with Crippen molar-refractivity contribution in [2.75, 3.05) is 6.54 Å². The third-order valence-corrected chi connectivity index (χ3v) is 3.55. The molecule has 1 aromatic heterocycles. The Labute approximate surface area is 114 Å². The summed E-state index contributed by atoms with van der Waals surface area (Å²) in [7, 11) is 0. The van der Waals surface area contributed by atoms with E-state index in [4.69, 9.17) is 0 Å². The van der Waals surface area contributed by atoms with Gasteiger partial charge in [0.1, 0.15) is 0 Å². The van der Waals surface area contributed by atoms with Gasteiger partial charge in [0, 0.05) is 12.2 Å². The molecule has 2 aromatic rings. The number of hydrogen-bond acceptors (Lipinski definition) is 2. The summed E-state index contributed by atoms with van der Waals surface area (Å²) in [4.78, 5) is 0. The van der Waals surface area contributed by atoms with Crippen LogP contribution in [0.15, 0.2) is 36.7 Å². The normalized spacial score (nSPS) is 14.8. The Kier molecular flexibility index (Phi) is 3.65. The number of nitrogens with one attached hydrogen (secondary N) is 1. The van der Waals surface area contributed by atoms with Gasteiger partial charge in [-0.1, -0.05) is 12.1 Å². The summed E-state index contributed by atoms with van der Waals surface area (Å²) in [6.07, 6.45) is 9.16. The highest BCUT2D eigenvalue weighted by atomic mass is 15.3. The molecule has 1 aliphatic carbocycles. The van der Waals surface area contributed by atoms with Gasteiger partial charge in [0.15, 0.2) is 0 Å². The van der Waals surface area contributed by atoms with Gasteiger partial charge >= 0.3 is 0 Å². The standard InChI is InChI=1S/C16H21N3/c1-13-4-2-6-16(10-13)19-12-14(11-18-19)5-3-9-17-15-7-8-15/h2,4,6,10-12,15,17H,3,5,7-9H2,1H3. The lowest BCUT2D eigenvalue weighted by molar-refractivity contribution is 0.645. The number of benzene rings is 1. The van der Waals surface area contributed by atoms with E-state index in [9.17, 15) is 0 Å². The van der Waals surface area contributed by atoms with Crippen LogP contribution in [-0.2, 0) is 6.42 Å². The van der Waals surface area contributed by atoms with E-state index in [0.29, 0.717) is 0 Å². The van der Waals surface area contributed by atoms with Crippen molar-refractivity contribution >= 4 is 0 Å². The molecule has 3 heteroatoms. The molecule has 0 amide bonds. The van der Waals surface area contributed by atoms with Gasteiger partial charge in [-0.2, -0.15) is 5.10 Å². The lowest BCUT2D eigenvalue weighted by atomic mass is 10.2. The number of aromatic nitrogens is 2. The zero-order valence-electron chi connectivity index (χ0n) is 11.5. The molecule has 100 valence electrons. The van der Waals surface area contributed by atoms with Crippen molar-refractivity contribution in [3.63, 3.8) is 0 Å². The third-order valence-electron chi connectivity index (χ3n) is 3.55. The van der Waals surface area contributed by atoms with E-state index in [0.717, 1.165) is 24.7 Å². The molecule has 1 N–H and O–H groups in total. The number of hydrogen-bond donors (Lipinski definition) is 1. The maximum absolute atomic E-state index is 4.45. The Hall–Kier alpha value is -1.61. The van der Waals surface area contributed by atoms with E-state index in [2.05, 4.69) is 47.8 Å². The summed E-state index contributed by atoms with van der Waals surface area (Å²) < 4.78 is 1.97. The first-order valence-electron chi connectivity index (χ1n) is 7.15. The van der Waals surface area contributed by atoms with Gasteiger partial charge < -0.3 is 5.32 Å². The maximum atomic E-state index is 4.45. The minimum atomic E-state index is 0.815. The van der Waals surface area contributed by atoms with Crippen molar-refractivity contribution in [3.05, 3.63) is 47.8 Å². The zero-order chi connectivity index (χ0) is 13.1. The minimum absolute atomic E-state index is 0.815. The molecule has 1 fully saturated rings. The van der Waals surface area contributed by atoms with Crippen LogP contribution in [-0.4, -0.2) is 22.4 Å². The van der Waals surface area contributed by atoms with Crippen LogP contribution in [0.2, 0.25) is 0 Å². The second-order valence-corrected chi connectivity index (χ2v) is 5.46. The summed E-state index contributed by atoms with van der Waals surface area (Å²) in [6, 6.07) is 9.25. The van der Waals surface area contributed by atoms with Crippen molar-refractivity contribution < 1.29 is 0 Å². The monoisotopic (exact) mass is 255 g/mol. The third kappa shape index (κ3) is 3.44. The highest BCUT2D eigenvalue weighted by Gasteiger charge is 2.19. The van der Waals surface area contributed by atoms with Crippen molar-refractivity contribution in [1.82, 2.24) is 15.1 Å². The van der Waals surface area contributed by atoms with Gasteiger partial charge in [0.05, 0.1) is 11.9 Å². The fourth-order valence-electron chi connectivity index (χ4n) is 2.29. The van der Waals surface area contributed by atoms with E-state index in [1.165, 1.54) is 30.4 Å². The van der Waals surface area contributed by atoms with Crippen LogP contribution in [0.3, 0.4) is 0 Å². The summed E-state index contributed by atoms with van der Waals surface area (Å²) in [6.45, 7) is 3.23. The Balaban J connectivity index is 1.56. The minimum Gasteiger partial charge on any atom is -0.314 e. The largest absolute Gasteiger partial charge is 0.314 e. The molecule has 0 bridgehead atoms. The zero-order valence-corrected chi connectivity index (χ0v) is 11.5. The fraction of sp³-hybridized carbons (Fsp3) is 0.438. The van der Waals surface area contributed by atoms with Gasteiger partial charge in [-0.25, -0.2) is 4.68 Å². The van der Waals surface area contributed by atoms with E-state index in [-0.39, 0.29) is 0 Å². The molecular formula is C16H21N3. The molecule has 0 unspecified atom stereocenters. The first-order valence-corrected chi connectivity index (χ1v) is 7.15. The molecule has 3 rings (SSSR count). The van der Waals surface area contributed by atoms with Crippen LogP contribution in [0.1, 0.15) is 30.4 Å². The molecule has 1 heterocycles. The molecule has 3 nitrogen and oxygen atoms in total. The average molecular weight is 255 g/mol. The predicted octanol–water partition coefficient (Wildman–Crippen LogP) is 2.87. The molecule has 0 saturated heterocycles. The molecule has 0 aliphatic heterocycles. The molecule has 1 saturated carbocycles. The second kappa shape index (κ2) is 5.57.